The fourth-order valence-corrected chi connectivity index (χ4v) is 2.98. The van der Waals surface area contributed by atoms with Crippen molar-refractivity contribution in [3.05, 3.63) is 77.5 Å². The van der Waals surface area contributed by atoms with Gasteiger partial charge < -0.3 is 5.11 Å². The van der Waals surface area contributed by atoms with E-state index in [2.05, 4.69) is 42.2 Å². The van der Waals surface area contributed by atoms with E-state index in [1.54, 1.807) is 0 Å². The Hall–Kier alpha value is -2.45. The van der Waals surface area contributed by atoms with Crippen LogP contribution in [0.5, 0.6) is 0 Å². The molecule has 128 valence electrons. The first kappa shape index (κ1) is 17.4. The van der Waals surface area contributed by atoms with Gasteiger partial charge in [0.2, 0.25) is 0 Å². The molecule has 1 heterocycles. The van der Waals surface area contributed by atoms with Crippen LogP contribution in [0.1, 0.15) is 55.5 Å². The predicted octanol–water partition coefficient (Wildman–Crippen LogP) is 6.02. The van der Waals surface area contributed by atoms with Crippen molar-refractivity contribution in [3.8, 4) is 0 Å². The number of aliphatic hydroxyl groups is 1. The molecular formula is C23H25NO. The number of pyridine rings is 1. The van der Waals surface area contributed by atoms with Crippen LogP contribution in [0.25, 0.3) is 23.1 Å². The van der Waals surface area contributed by atoms with E-state index in [0.29, 0.717) is 0 Å². The van der Waals surface area contributed by atoms with Crippen LogP contribution in [0.4, 0.5) is 0 Å². The lowest BCUT2D eigenvalue weighted by Crippen LogP contribution is -1.97. The molecule has 0 saturated heterocycles. The molecule has 0 spiro atoms. The van der Waals surface area contributed by atoms with Crippen molar-refractivity contribution in [3.63, 3.8) is 0 Å². The fourth-order valence-electron chi connectivity index (χ4n) is 2.98. The lowest BCUT2D eigenvalue weighted by molar-refractivity contribution is 0.163. The molecule has 0 saturated carbocycles. The Morgan fingerprint density at radius 1 is 0.960 bits per heavy atom. The third-order valence-corrected chi connectivity index (χ3v) is 4.44. The van der Waals surface area contributed by atoms with Gasteiger partial charge in [0.15, 0.2) is 0 Å². The summed E-state index contributed by atoms with van der Waals surface area (Å²) in [6.45, 7) is 2.18. The van der Waals surface area contributed by atoms with Crippen LogP contribution in [0.3, 0.4) is 0 Å². The zero-order valence-electron chi connectivity index (χ0n) is 14.7. The lowest BCUT2D eigenvalue weighted by atomic mass is 10.0. The molecule has 2 nitrogen and oxygen atoms in total. The summed E-state index contributed by atoms with van der Waals surface area (Å²) in [7, 11) is 0. The van der Waals surface area contributed by atoms with Crippen LogP contribution in [-0.2, 0) is 0 Å². The molecule has 1 unspecified atom stereocenters. The van der Waals surface area contributed by atoms with Gasteiger partial charge in [-0.1, -0.05) is 74.7 Å². The molecule has 25 heavy (non-hydrogen) atoms. The van der Waals surface area contributed by atoms with Gasteiger partial charge in [0.1, 0.15) is 0 Å². The number of para-hydroxylation sites is 1. The van der Waals surface area contributed by atoms with Gasteiger partial charge in [0.25, 0.3) is 0 Å². The van der Waals surface area contributed by atoms with Gasteiger partial charge in [-0.3, -0.25) is 0 Å². The average molecular weight is 331 g/mol. The monoisotopic (exact) mass is 331 g/mol. The molecule has 1 atom stereocenters. The number of rotatable bonds is 7. The van der Waals surface area contributed by atoms with Crippen LogP contribution in [0.2, 0.25) is 0 Å². The van der Waals surface area contributed by atoms with Crippen LogP contribution in [0, 0.1) is 0 Å². The minimum atomic E-state index is -0.376. The van der Waals surface area contributed by atoms with Gasteiger partial charge in [-0.05, 0) is 41.8 Å². The zero-order valence-corrected chi connectivity index (χ0v) is 14.7. The Balaban J connectivity index is 1.73. The Morgan fingerprint density at radius 2 is 1.84 bits per heavy atom. The largest absolute Gasteiger partial charge is 0.388 e. The van der Waals surface area contributed by atoms with E-state index >= 15 is 0 Å². The standard InChI is InChI=1S/C23H25NO/c1-2-3-4-12-23(25)20-10-7-8-18(17-20)13-15-21-16-14-19-9-5-6-11-22(19)24-21/h5-11,13-17,23,25H,2-4,12H2,1H3. The van der Waals surface area contributed by atoms with Crippen molar-refractivity contribution in [2.24, 2.45) is 0 Å². The Bertz CT molecular complexity index is 853. The van der Waals surface area contributed by atoms with E-state index in [1.807, 2.05) is 42.5 Å². The number of fused-ring (bicyclic) bond motifs is 1. The van der Waals surface area contributed by atoms with Gasteiger partial charge in [-0.15, -0.1) is 0 Å². The van der Waals surface area contributed by atoms with Crippen LogP contribution in [0.15, 0.2) is 60.7 Å². The van der Waals surface area contributed by atoms with E-state index in [9.17, 15) is 5.11 Å². The minimum Gasteiger partial charge on any atom is -0.388 e. The highest BCUT2D eigenvalue weighted by Gasteiger charge is 2.07. The molecule has 3 aromatic rings. The second-order valence-electron chi connectivity index (χ2n) is 6.44. The van der Waals surface area contributed by atoms with Gasteiger partial charge >= 0.3 is 0 Å². The molecule has 0 aliphatic carbocycles. The Labute approximate surface area is 149 Å². The first-order valence-electron chi connectivity index (χ1n) is 9.08. The highest BCUT2D eigenvalue weighted by molar-refractivity contribution is 5.80. The molecule has 3 rings (SSSR count). The summed E-state index contributed by atoms with van der Waals surface area (Å²) >= 11 is 0. The number of hydrogen-bond acceptors (Lipinski definition) is 2. The fraction of sp³-hybridized carbons (Fsp3) is 0.261. The molecule has 0 fully saturated rings. The van der Waals surface area contributed by atoms with E-state index < -0.39 is 0 Å². The molecule has 0 amide bonds. The normalized spacial score (nSPS) is 12.7. The Morgan fingerprint density at radius 3 is 2.72 bits per heavy atom. The molecule has 1 aromatic heterocycles. The summed E-state index contributed by atoms with van der Waals surface area (Å²) in [5.74, 6) is 0. The first-order chi connectivity index (χ1) is 12.3. The summed E-state index contributed by atoms with van der Waals surface area (Å²) in [6.07, 6.45) is 7.94. The predicted molar refractivity (Wildman–Crippen MR) is 106 cm³/mol. The first-order valence-corrected chi connectivity index (χ1v) is 9.08. The summed E-state index contributed by atoms with van der Waals surface area (Å²) < 4.78 is 0. The second kappa shape index (κ2) is 8.59. The number of aromatic nitrogens is 1. The SMILES string of the molecule is CCCCCC(O)c1cccc(C=Cc2ccc3ccccc3n2)c1. The maximum atomic E-state index is 10.3. The molecule has 1 N–H and O–H groups in total. The minimum absolute atomic E-state index is 0.376. The zero-order chi connectivity index (χ0) is 17.5. The average Bonchev–Trinajstić information content (AvgIpc) is 2.66. The number of hydrogen-bond donors (Lipinski definition) is 1. The summed E-state index contributed by atoms with van der Waals surface area (Å²) in [4.78, 5) is 4.66. The van der Waals surface area contributed by atoms with Gasteiger partial charge in [-0.25, -0.2) is 4.98 Å². The molecule has 0 aliphatic heterocycles. The molecule has 0 radical (unpaired) electrons. The highest BCUT2D eigenvalue weighted by atomic mass is 16.3. The van der Waals surface area contributed by atoms with Gasteiger partial charge in [0, 0.05) is 5.39 Å². The second-order valence-corrected chi connectivity index (χ2v) is 6.44. The topological polar surface area (TPSA) is 33.1 Å². The third kappa shape index (κ3) is 4.77. The van der Waals surface area contributed by atoms with E-state index in [-0.39, 0.29) is 6.10 Å². The smallest absolute Gasteiger partial charge is 0.0790 e. The van der Waals surface area contributed by atoms with Crippen molar-refractivity contribution in [2.75, 3.05) is 0 Å². The lowest BCUT2D eigenvalue weighted by Gasteiger charge is -2.11. The van der Waals surface area contributed by atoms with E-state index in [1.165, 1.54) is 12.8 Å². The number of aliphatic hydroxyl groups excluding tert-OH is 1. The van der Waals surface area contributed by atoms with Crippen LogP contribution >= 0.6 is 0 Å². The van der Waals surface area contributed by atoms with Gasteiger partial charge in [0.05, 0.1) is 17.3 Å². The molecule has 0 bridgehead atoms. The number of benzene rings is 2. The molecule has 2 aromatic carbocycles. The van der Waals surface area contributed by atoms with Crippen LogP contribution in [-0.4, -0.2) is 10.1 Å². The Kier molecular flexibility index (Phi) is 5.97. The van der Waals surface area contributed by atoms with Crippen LogP contribution < -0.4 is 0 Å². The maximum absolute atomic E-state index is 10.3. The van der Waals surface area contributed by atoms with Crippen molar-refractivity contribution in [2.45, 2.75) is 38.7 Å². The van der Waals surface area contributed by atoms with Crippen molar-refractivity contribution < 1.29 is 5.11 Å². The summed E-state index contributed by atoms with van der Waals surface area (Å²) in [6, 6.07) is 20.4. The van der Waals surface area contributed by atoms with E-state index in [4.69, 9.17) is 0 Å². The number of nitrogens with zero attached hydrogens (tertiary/aromatic N) is 1. The number of unbranched alkanes of at least 4 members (excludes halogenated alkanes) is 2. The highest BCUT2D eigenvalue weighted by Crippen LogP contribution is 2.21. The van der Waals surface area contributed by atoms with Crippen molar-refractivity contribution in [1.29, 1.82) is 0 Å². The maximum Gasteiger partial charge on any atom is 0.0790 e. The quantitative estimate of drug-likeness (QED) is 0.537. The summed E-state index contributed by atoms with van der Waals surface area (Å²) in [5.41, 5.74) is 4.02. The molecule has 0 aliphatic rings. The van der Waals surface area contributed by atoms with Gasteiger partial charge in [-0.2, -0.15) is 0 Å². The van der Waals surface area contributed by atoms with Crippen molar-refractivity contribution in [1.82, 2.24) is 4.98 Å². The molecule has 2 heteroatoms. The van der Waals surface area contributed by atoms with E-state index in [0.717, 1.165) is 40.6 Å². The third-order valence-electron chi connectivity index (χ3n) is 4.44. The molecular weight excluding hydrogens is 306 g/mol. The van der Waals surface area contributed by atoms with Crippen molar-refractivity contribution >= 4 is 23.1 Å². The summed E-state index contributed by atoms with van der Waals surface area (Å²) in [5, 5.41) is 11.5.